The zero-order valence-electron chi connectivity index (χ0n) is 30.0. The predicted molar refractivity (Wildman–Crippen MR) is 190 cm³/mol. The van der Waals surface area contributed by atoms with Crippen LogP contribution in [0.1, 0.15) is 154 Å². The quantitative estimate of drug-likeness (QED) is 0.286. The summed E-state index contributed by atoms with van der Waals surface area (Å²) in [7, 11) is 0. The van der Waals surface area contributed by atoms with Crippen LogP contribution < -0.4 is 0 Å². The summed E-state index contributed by atoms with van der Waals surface area (Å²) < 4.78 is 0. The third-order valence-electron chi connectivity index (χ3n) is 18.4. The summed E-state index contributed by atoms with van der Waals surface area (Å²) in [6.07, 6.45) is 30.0. The van der Waals surface area contributed by atoms with Gasteiger partial charge < -0.3 is 5.11 Å². The van der Waals surface area contributed by atoms with Crippen molar-refractivity contribution in [3.63, 3.8) is 0 Å². The largest absolute Gasteiger partial charge is 0.481 e. The molecule has 2 nitrogen and oxygen atoms in total. The first-order chi connectivity index (χ1) is 23.5. The monoisotopic (exact) mass is 654 g/mol. The van der Waals surface area contributed by atoms with E-state index in [-0.39, 0.29) is 32.5 Å². The Labute approximate surface area is 295 Å². The Morgan fingerprint density at radius 1 is 0.347 bits per heavy atom. The normalized spacial score (nSPS) is 60.0. The van der Waals surface area contributed by atoms with E-state index >= 15 is 0 Å². The summed E-state index contributed by atoms with van der Waals surface area (Å²) in [6.45, 7) is 0. The molecule has 0 heterocycles. The van der Waals surface area contributed by atoms with E-state index in [2.05, 4.69) is 35.5 Å². The summed E-state index contributed by atoms with van der Waals surface area (Å²) in [4.78, 5) is 13.7. The highest BCUT2D eigenvalue weighted by molar-refractivity contribution is 5.76. The van der Waals surface area contributed by atoms with E-state index in [9.17, 15) is 9.90 Å². The molecular formula is C47H58O2. The molecule has 258 valence electrons. The Bertz CT molecular complexity index is 1400. The number of carbonyl (C=O) groups is 1. The second-order valence-corrected chi connectivity index (χ2v) is 22.8. The van der Waals surface area contributed by atoms with Gasteiger partial charge in [0, 0.05) is 32.5 Å². The molecule has 49 heavy (non-hydrogen) atoms. The third kappa shape index (κ3) is 4.45. The van der Waals surface area contributed by atoms with Gasteiger partial charge in [0.05, 0.1) is 5.41 Å². The highest BCUT2D eigenvalue weighted by atomic mass is 16.4. The molecule has 0 radical (unpaired) electrons. The lowest BCUT2D eigenvalue weighted by Gasteiger charge is -2.66. The maximum absolute atomic E-state index is 13.7. The maximum Gasteiger partial charge on any atom is 0.309 e. The number of hydrogen-bond donors (Lipinski definition) is 1. The Morgan fingerprint density at radius 3 is 0.755 bits per heavy atom. The van der Waals surface area contributed by atoms with Crippen molar-refractivity contribution in [2.24, 2.45) is 91.2 Å². The van der Waals surface area contributed by atoms with E-state index in [4.69, 9.17) is 0 Å². The molecule has 16 aliphatic carbocycles. The molecular weight excluding hydrogens is 597 g/mol. The van der Waals surface area contributed by atoms with Crippen LogP contribution in [0.5, 0.6) is 0 Å². The van der Waals surface area contributed by atoms with Crippen molar-refractivity contribution in [3.8, 4) is 35.5 Å². The van der Waals surface area contributed by atoms with Crippen molar-refractivity contribution in [1.29, 1.82) is 0 Å². The average Bonchev–Trinajstić information content (AvgIpc) is 3.00. The van der Waals surface area contributed by atoms with Crippen LogP contribution in [0.15, 0.2) is 0 Å². The molecule has 0 unspecified atom stereocenters. The second-order valence-electron chi connectivity index (χ2n) is 22.8. The zero-order valence-corrected chi connectivity index (χ0v) is 30.0. The summed E-state index contributed by atoms with van der Waals surface area (Å²) >= 11 is 0. The highest BCUT2D eigenvalue weighted by Gasteiger charge is 2.70. The van der Waals surface area contributed by atoms with Crippen LogP contribution in [0.2, 0.25) is 0 Å². The standard InChI is InChI=1S/C47H58O2/c48-40(49)47-28-44(4-1-41-16-31-7-32(17-41)9-33(8-31)18-41)25-45(29-47,5-2-42-19-34-10-35(20-42)12-36(11-34)21-42)27-46(26-44,30-47)6-3-43-22-37-13-38(23-43)15-39(14-37)24-43/h31-39H,7-30H2,(H,48,49). The van der Waals surface area contributed by atoms with Gasteiger partial charge in [-0.05, 0) is 207 Å². The van der Waals surface area contributed by atoms with Crippen molar-refractivity contribution in [2.45, 2.75) is 154 Å². The van der Waals surface area contributed by atoms with Gasteiger partial charge in [-0.15, -0.1) is 0 Å². The van der Waals surface area contributed by atoms with Gasteiger partial charge in [0.2, 0.25) is 0 Å². The van der Waals surface area contributed by atoms with E-state index in [0.717, 1.165) is 91.8 Å². The third-order valence-corrected chi connectivity index (χ3v) is 18.4. The first-order valence-electron chi connectivity index (χ1n) is 21.4. The van der Waals surface area contributed by atoms with E-state index in [1.54, 1.807) is 0 Å². The number of carboxylic acids is 1. The molecule has 0 aromatic carbocycles. The van der Waals surface area contributed by atoms with Gasteiger partial charge in [-0.2, -0.15) is 0 Å². The van der Waals surface area contributed by atoms with E-state index < -0.39 is 11.4 Å². The molecule has 2 heteroatoms. The van der Waals surface area contributed by atoms with E-state index in [0.29, 0.717) is 0 Å². The lowest BCUT2D eigenvalue weighted by atomic mass is 9.35. The summed E-state index contributed by atoms with van der Waals surface area (Å²) in [5.41, 5.74) is -0.870. The molecule has 1 N–H and O–H groups in total. The molecule has 16 fully saturated rings. The van der Waals surface area contributed by atoms with Gasteiger partial charge >= 0.3 is 5.97 Å². The average molecular weight is 655 g/mol. The van der Waals surface area contributed by atoms with Crippen LogP contribution in [0.3, 0.4) is 0 Å². The second kappa shape index (κ2) is 9.38. The molecule has 16 aliphatic rings. The van der Waals surface area contributed by atoms with Gasteiger partial charge in [-0.25, -0.2) is 0 Å². The Morgan fingerprint density at radius 2 is 0.551 bits per heavy atom. The predicted octanol–water partition coefficient (Wildman–Crippen LogP) is 10.1. The van der Waals surface area contributed by atoms with Gasteiger partial charge in [-0.1, -0.05) is 35.5 Å². The molecule has 16 bridgehead atoms. The van der Waals surface area contributed by atoms with Crippen molar-refractivity contribution < 1.29 is 9.90 Å². The molecule has 16 rings (SSSR count). The molecule has 0 spiro atoms. The van der Waals surface area contributed by atoms with E-state index in [1.165, 1.54) is 116 Å². The number of rotatable bonds is 1. The SMILES string of the molecule is O=C(O)C12CC3(C#CC45CC6CC(CC(C6)C4)C5)CC(C#CC45CC6CC(CC(C6)C4)C5)(CC(C#CC45CC6CC(CC(C6)C4)C5)(C3)C1)C2. The first kappa shape index (κ1) is 29.7. The van der Waals surface area contributed by atoms with Crippen LogP contribution in [0.4, 0.5) is 0 Å². The lowest BCUT2D eigenvalue weighted by molar-refractivity contribution is -0.183. The number of carboxylic acid groups (broad SMARTS) is 1. The van der Waals surface area contributed by atoms with Crippen molar-refractivity contribution in [3.05, 3.63) is 0 Å². The molecule has 0 amide bonds. The lowest BCUT2D eigenvalue weighted by Crippen LogP contribution is -2.62. The van der Waals surface area contributed by atoms with Gasteiger partial charge in [-0.3, -0.25) is 4.79 Å². The Balaban J connectivity index is 0.971. The van der Waals surface area contributed by atoms with Gasteiger partial charge in [0.25, 0.3) is 0 Å². The topological polar surface area (TPSA) is 37.3 Å². The zero-order chi connectivity index (χ0) is 32.5. The summed E-state index contributed by atoms with van der Waals surface area (Å²) in [5.74, 6) is 32.3. The van der Waals surface area contributed by atoms with Crippen LogP contribution in [-0.2, 0) is 4.79 Å². The van der Waals surface area contributed by atoms with Crippen LogP contribution in [-0.4, -0.2) is 11.1 Å². The van der Waals surface area contributed by atoms with Crippen LogP contribution >= 0.6 is 0 Å². The highest BCUT2D eigenvalue weighted by Crippen LogP contribution is 2.74. The first-order valence-corrected chi connectivity index (χ1v) is 21.4. The minimum Gasteiger partial charge on any atom is -0.481 e. The molecule has 0 aliphatic heterocycles. The fraction of sp³-hybridized carbons (Fsp3) is 0.851. The molecule has 16 saturated carbocycles. The molecule has 0 atom stereocenters. The van der Waals surface area contributed by atoms with Crippen molar-refractivity contribution in [2.75, 3.05) is 0 Å². The maximum atomic E-state index is 13.7. The van der Waals surface area contributed by atoms with Crippen molar-refractivity contribution >= 4 is 5.97 Å². The van der Waals surface area contributed by atoms with E-state index in [1.807, 2.05) is 0 Å². The minimum absolute atomic E-state index is 0.199. The summed E-state index contributed by atoms with van der Waals surface area (Å²) in [5, 5.41) is 11.3. The Kier molecular flexibility index (Phi) is 5.68. The van der Waals surface area contributed by atoms with Gasteiger partial charge in [0.15, 0.2) is 0 Å². The van der Waals surface area contributed by atoms with Crippen molar-refractivity contribution in [1.82, 2.24) is 0 Å². The smallest absolute Gasteiger partial charge is 0.309 e. The fourth-order valence-corrected chi connectivity index (χ4v) is 18.8. The number of hydrogen-bond acceptors (Lipinski definition) is 1. The summed E-state index contributed by atoms with van der Waals surface area (Å²) in [6, 6.07) is 0. The van der Waals surface area contributed by atoms with Gasteiger partial charge in [0.1, 0.15) is 0 Å². The van der Waals surface area contributed by atoms with Crippen LogP contribution in [0, 0.1) is 127 Å². The minimum atomic E-state index is -0.725. The molecule has 0 aromatic rings. The van der Waals surface area contributed by atoms with Crippen LogP contribution in [0.25, 0.3) is 0 Å². The fourth-order valence-electron chi connectivity index (χ4n) is 18.8. The molecule has 0 aromatic heterocycles. The number of aliphatic carboxylic acids is 1. The molecule has 0 saturated heterocycles. The Hall–Kier alpha value is -1.85.